The van der Waals surface area contributed by atoms with Crippen molar-refractivity contribution in [1.82, 2.24) is 0 Å². The minimum absolute atomic E-state index is 0. The molecule has 0 saturated heterocycles. The molecule has 0 aromatic carbocycles. The molecule has 2 aliphatic carbocycles. The summed E-state index contributed by atoms with van der Waals surface area (Å²) in [7, 11) is 0. The first kappa shape index (κ1) is 17.3. The van der Waals surface area contributed by atoms with Crippen LogP contribution in [0.1, 0.15) is 40.5 Å². The molecular weight excluding hydrogens is 336 g/mol. The quantitative estimate of drug-likeness (QED) is 0.630. The molecular formula is C16H22Nd-2. The second kappa shape index (κ2) is 9.27. The summed E-state index contributed by atoms with van der Waals surface area (Å²) in [5.74, 6) is 1.32. The van der Waals surface area contributed by atoms with E-state index >= 15 is 0 Å². The van der Waals surface area contributed by atoms with Crippen LogP contribution < -0.4 is 0 Å². The Labute approximate surface area is 139 Å². The monoisotopic (exact) mass is 356 g/mol. The molecule has 92 valence electrons. The van der Waals surface area contributed by atoms with E-state index in [0.29, 0.717) is 11.8 Å². The van der Waals surface area contributed by atoms with Gasteiger partial charge in [-0.05, 0) is 0 Å². The number of allylic oxidation sites excluding steroid dienone is 8. The largest absolute Gasteiger partial charge is 0.269 e. The Kier molecular flexibility index (Phi) is 9.44. The maximum absolute atomic E-state index is 3.26. The number of rotatable bonds is 2. The van der Waals surface area contributed by atoms with Gasteiger partial charge in [0.2, 0.25) is 0 Å². The van der Waals surface area contributed by atoms with Gasteiger partial charge in [-0.15, -0.1) is 12.8 Å². The van der Waals surface area contributed by atoms with E-state index in [1.807, 2.05) is 0 Å². The van der Waals surface area contributed by atoms with Crippen molar-refractivity contribution in [2.45, 2.75) is 40.5 Å². The van der Waals surface area contributed by atoms with Gasteiger partial charge in [-0.1, -0.05) is 39.5 Å². The SMILES string of the molecule is CC(C)C1=[C-]CC=C1.CC(C)C1=[C-]CC=C1.[Nd]. The maximum Gasteiger partial charge on any atom is 0 e. The molecule has 0 radical (unpaired) electrons. The number of hydrogen-bond acceptors (Lipinski definition) is 0. The Balaban J connectivity index is 0.000000284. The van der Waals surface area contributed by atoms with E-state index in [9.17, 15) is 0 Å². The first-order valence-corrected chi connectivity index (χ1v) is 6.15. The van der Waals surface area contributed by atoms with Crippen molar-refractivity contribution in [3.05, 3.63) is 47.6 Å². The molecule has 0 bridgehead atoms. The van der Waals surface area contributed by atoms with Crippen LogP contribution >= 0.6 is 0 Å². The normalized spacial score (nSPS) is 16.6. The molecule has 17 heavy (non-hydrogen) atoms. The molecule has 1 heteroatoms. The van der Waals surface area contributed by atoms with Crippen LogP contribution in [0.25, 0.3) is 0 Å². The molecule has 0 spiro atoms. The van der Waals surface area contributed by atoms with Gasteiger partial charge in [0.15, 0.2) is 0 Å². The fourth-order valence-corrected chi connectivity index (χ4v) is 1.64. The van der Waals surface area contributed by atoms with Gasteiger partial charge < -0.3 is 0 Å². The zero-order valence-electron chi connectivity index (χ0n) is 11.4. The van der Waals surface area contributed by atoms with Crippen molar-refractivity contribution in [1.29, 1.82) is 0 Å². The standard InChI is InChI=1S/2C8H11.Nd/c2*1-7(2)8-5-3-4-6-8;/h2*3,5,7H,4H2,1-2H3;/q2*-1;. The zero-order valence-corrected chi connectivity index (χ0v) is 14.6. The molecule has 0 unspecified atom stereocenters. The van der Waals surface area contributed by atoms with Crippen LogP contribution in [0.15, 0.2) is 35.5 Å². The summed E-state index contributed by atoms with van der Waals surface area (Å²) in [6, 6.07) is 0. The topological polar surface area (TPSA) is 0 Å². The maximum atomic E-state index is 3.26. The first-order valence-electron chi connectivity index (χ1n) is 6.15. The molecule has 0 saturated carbocycles. The van der Waals surface area contributed by atoms with Crippen molar-refractivity contribution in [2.24, 2.45) is 11.8 Å². The van der Waals surface area contributed by atoms with Gasteiger partial charge >= 0.3 is 0 Å². The number of hydrogen-bond donors (Lipinski definition) is 0. The first-order chi connectivity index (χ1) is 7.61. The summed E-state index contributed by atoms with van der Waals surface area (Å²) in [6.07, 6.45) is 17.2. The van der Waals surface area contributed by atoms with Gasteiger partial charge in [0.25, 0.3) is 0 Å². The Morgan fingerprint density at radius 1 is 0.824 bits per heavy atom. The molecule has 0 aromatic heterocycles. The van der Waals surface area contributed by atoms with Crippen molar-refractivity contribution >= 4 is 0 Å². The second-order valence-electron chi connectivity index (χ2n) is 4.79. The predicted molar refractivity (Wildman–Crippen MR) is 70.7 cm³/mol. The van der Waals surface area contributed by atoms with E-state index in [-0.39, 0.29) is 40.8 Å². The van der Waals surface area contributed by atoms with E-state index in [2.05, 4.69) is 64.2 Å². The van der Waals surface area contributed by atoms with Gasteiger partial charge in [0.1, 0.15) is 0 Å². The fraction of sp³-hybridized carbons (Fsp3) is 0.500. The van der Waals surface area contributed by atoms with E-state index in [1.54, 1.807) is 0 Å². The molecule has 0 atom stereocenters. The molecule has 0 aromatic rings. The smallest absolute Gasteiger partial charge is 0 e. The van der Waals surface area contributed by atoms with Gasteiger partial charge in [0, 0.05) is 40.8 Å². The molecule has 2 aliphatic rings. The van der Waals surface area contributed by atoms with Crippen LogP contribution in [-0.2, 0) is 0 Å². The van der Waals surface area contributed by atoms with Crippen LogP contribution in [0.2, 0.25) is 0 Å². The Bertz CT molecular complexity index is 293. The van der Waals surface area contributed by atoms with Gasteiger partial charge in [-0.25, -0.2) is 23.3 Å². The predicted octanol–water partition coefficient (Wildman–Crippen LogP) is 4.66. The average Bonchev–Trinajstić information content (AvgIpc) is 2.93. The minimum Gasteiger partial charge on any atom is -0.269 e. The summed E-state index contributed by atoms with van der Waals surface area (Å²) in [4.78, 5) is 0. The van der Waals surface area contributed by atoms with Crippen molar-refractivity contribution in [2.75, 3.05) is 0 Å². The van der Waals surface area contributed by atoms with Gasteiger partial charge in [-0.2, -0.15) is 12.2 Å². The Morgan fingerprint density at radius 3 is 1.29 bits per heavy atom. The third kappa shape index (κ3) is 6.71. The van der Waals surface area contributed by atoms with Gasteiger partial charge in [-0.3, -0.25) is 12.2 Å². The van der Waals surface area contributed by atoms with Crippen molar-refractivity contribution in [3.63, 3.8) is 0 Å². The summed E-state index contributed by atoms with van der Waals surface area (Å²) in [5.41, 5.74) is 2.73. The van der Waals surface area contributed by atoms with Crippen LogP contribution in [-0.4, -0.2) is 0 Å². The molecule has 0 N–H and O–H groups in total. The van der Waals surface area contributed by atoms with Crippen LogP contribution in [0.4, 0.5) is 0 Å². The summed E-state index contributed by atoms with van der Waals surface area (Å²) in [5, 5.41) is 0. The average molecular weight is 359 g/mol. The summed E-state index contributed by atoms with van der Waals surface area (Å²) in [6.45, 7) is 8.77. The molecule has 0 aliphatic heterocycles. The van der Waals surface area contributed by atoms with E-state index < -0.39 is 0 Å². The summed E-state index contributed by atoms with van der Waals surface area (Å²) < 4.78 is 0. The molecule has 0 amide bonds. The molecule has 0 heterocycles. The minimum atomic E-state index is 0. The van der Waals surface area contributed by atoms with Gasteiger partial charge in [0.05, 0.1) is 0 Å². The molecule has 0 nitrogen and oxygen atoms in total. The van der Waals surface area contributed by atoms with Crippen molar-refractivity contribution < 1.29 is 40.8 Å². The van der Waals surface area contributed by atoms with Crippen LogP contribution in [0, 0.1) is 64.8 Å². The van der Waals surface area contributed by atoms with E-state index in [0.717, 1.165) is 12.8 Å². The Hall–Kier alpha value is 0.311. The fourth-order valence-electron chi connectivity index (χ4n) is 1.64. The third-order valence-corrected chi connectivity index (χ3v) is 2.69. The molecule has 2 rings (SSSR count). The van der Waals surface area contributed by atoms with Crippen molar-refractivity contribution in [3.8, 4) is 0 Å². The van der Waals surface area contributed by atoms with E-state index in [4.69, 9.17) is 0 Å². The second-order valence-corrected chi connectivity index (χ2v) is 4.79. The van der Waals surface area contributed by atoms with Crippen LogP contribution in [0.3, 0.4) is 0 Å². The third-order valence-electron chi connectivity index (χ3n) is 2.69. The summed E-state index contributed by atoms with van der Waals surface area (Å²) >= 11 is 0. The van der Waals surface area contributed by atoms with E-state index in [1.165, 1.54) is 11.1 Å². The zero-order chi connectivity index (χ0) is 12.0. The van der Waals surface area contributed by atoms with Crippen LogP contribution in [0.5, 0.6) is 0 Å². The Morgan fingerprint density at radius 2 is 1.18 bits per heavy atom. The molecule has 0 fully saturated rings.